The second-order valence-corrected chi connectivity index (χ2v) is 6.64. The molecule has 1 N–H and O–H groups in total. The Balaban J connectivity index is 1.51. The van der Waals surface area contributed by atoms with Crippen LogP contribution in [0.25, 0.3) is 0 Å². The summed E-state index contributed by atoms with van der Waals surface area (Å²) in [7, 11) is 0. The van der Waals surface area contributed by atoms with Gasteiger partial charge in [0.25, 0.3) is 0 Å². The van der Waals surface area contributed by atoms with E-state index in [0.717, 1.165) is 53.8 Å². The highest BCUT2D eigenvalue weighted by molar-refractivity contribution is 5.47. The van der Waals surface area contributed by atoms with E-state index in [1.807, 2.05) is 31.2 Å². The van der Waals surface area contributed by atoms with E-state index in [0.29, 0.717) is 6.54 Å². The van der Waals surface area contributed by atoms with E-state index in [-0.39, 0.29) is 12.7 Å². The van der Waals surface area contributed by atoms with Crippen LogP contribution in [-0.2, 0) is 6.42 Å². The predicted molar refractivity (Wildman–Crippen MR) is 94.3 cm³/mol. The van der Waals surface area contributed by atoms with Crippen molar-refractivity contribution in [2.24, 2.45) is 0 Å². The van der Waals surface area contributed by atoms with E-state index in [2.05, 4.69) is 21.8 Å². The normalized spacial score (nSPS) is 22.3. The van der Waals surface area contributed by atoms with E-state index >= 15 is 0 Å². The number of aliphatic hydroxyl groups excluding tert-OH is 1. The first-order valence-corrected chi connectivity index (χ1v) is 8.81. The van der Waals surface area contributed by atoms with Crippen molar-refractivity contribution < 1.29 is 14.6 Å². The zero-order valence-electron chi connectivity index (χ0n) is 14.6. The summed E-state index contributed by atoms with van der Waals surface area (Å²) in [6.07, 6.45) is 1.30. The molecule has 2 atom stereocenters. The molecule has 6 nitrogen and oxygen atoms in total. The zero-order chi connectivity index (χ0) is 17.4. The van der Waals surface area contributed by atoms with E-state index < -0.39 is 6.10 Å². The van der Waals surface area contributed by atoms with Gasteiger partial charge in [-0.1, -0.05) is 13.0 Å². The van der Waals surface area contributed by atoms with Gasteiger partial charge in [-0.15, -0.1) is 0 Å². The molecular weight excluding hydrogens is 318 g/mol. The number of aryl methyl sites for hydroxylation is 2. The summed E-state index contributed by atoms with van der Waals surface area (Å²) >= 11 is 0. The number of nitrogens with zero attached hydrogens (tertiary/aromatic N) is 3. The van der Waals surface area contributed by atoms with Crippen molar-refractivity contribution in [1.29, 1.82) is 0 Å². The number of ether oxygens (including phenoxy) is 2. The molecule has 0 aliphatic carbocycles. The molecule has 3 heterocycles. The van der Waals surface area contributed by atoms with Crippen molar-refractivity contribution in [1.82, 2.24) is 9.97 Å². The van der Waals surface area contributed by atoms with Gasteiger partial charge in [-0.05, 0) is 37.5 Å². The second-order valence-electron chi connectivity index (χ2n) is 6.64. The first kappa shape index (κ1) is 16.1. The summed E-state index contributed by atoms with van der Waals surface area (Å²) in [5.74, 6) is 3.33. The van der Waals surface area contributed by atoms with Gasteiger partial charge in [0, 0.05) is 30.8 Å². The van der Waals surface area contributed by atoms with Crippen LogP contribution in [0.3, 0.4) is 0 Å². The van der Waals surface area contributed by atoms with E-state index in [9.17, 15) is 5.11 Å². The van der Waals surface area contributed by atoms with Crippen LogP contribution in [0.2, 0.25) is 0 Å². The lowest BCUT2D eigenvalue weighted by Crippen LogP contribution is -2.43. The molecule has 4 rings (SSSR count). The van der Waals surface area contributed by atoms with Crippen molar-refractivity contribution in [3.63, 3.8) is 0 Å². The largest absolute Gasteiger partial charge is 0.454 e. The van der Waals surface area contributed by atoms with Crippen LogP contribution in [0, 0.1) is 6.92 Å². The Morgan fingerprint density at radius 3 is 2.84 bits per heavy atom. The third kappa shape index (κ3) is 3.14. The van der Waals surface area contributed by atoms with Crippen LogP contribution in [0.15, 0.2) is 24.3 Å². The molecule has 2 aromatic rings. The lowest BCUT2D eigenvalue weighted by Gasteiger charge is -2.37. The summed E-state index contributed by atoms with van der Waals surface area (Å²) in [5, 5.41) is 10.7. The number of piperidine rings is 1. The molecule has 0 spiro atoms. The standard InChI is InChI=1S/C19H23N3O3/c1-3-14-9-19(21-12(2)20-14)22-7-6-15(16(23)10-22)13-4-5-17-18(8-13)25-11-24-17/h4-5,8-9,15-16,23H,3,6-7,10-11H2,1-2H3/t15-,16+/m0/s1. The van der Waals surface area contributed by atoms with Gasteiger partial charge in [-0.3, -0.25) is 0 Å². The maximum atomic E-state index is 10.7. The maximum absolute atomic E-state index is 10.7. The summed E-state index contributed by atoms with van der Waals surface area (Å²) in [6.45, 7) is 5.70. The molecule has 1 aromatic carbocycles. The average molecular weight is 341 g/mol. The lowest BCUT2D eigenvalue weighted by atomic mass is 9.87. The van der Waals surface area contributed by atoms with Gasteiger partial charge < -0.3 is 19.5 Å². The number of β-amino-alcohol motifs (C(OH)–C–C–N with tert-alkyl or cyclic N) is 1. The van der Waals surface area contributed by atoms with Crippen LogP contribution in [-0.4, -0.2) is 41.1 Å². The highest BCUT2D eigenvalue weighted by Gasteiger charge is 2.31. The zero-order valence-corrected chi connectivity index (χ0v) is 14.6. The van der Waals surface area contributed by atoms with Crippen LogP contribution in [0.4, 0.5) is 5.82 Å². The number of hydrogen-bond acceptors (Lipinski definition) is 6. The minimum absolute atomic E-state index is 0.0966. The Morgan fingerprint density at radius 2 is 2.04 bits per heavy atom. The molecule has 1 saturated heterocycles. The number of anilines is 1. The number of aliphatic hydroxyl groups is 1. The molecule has 1 fully saturated rings. The van der Waals surface area contributed by atoms with Gasteiger partial charge >= 0.3 is 0 Å². The molecule has 1 aromatic heterocycles. The molecule has 2 aliphatic heterocycles. The third-order valence-corrected chi connectivity index (χ3v) is 4.97. The van der Waals surface area contributed by atoms with Gasteiger partial charge in [0.1, 0.15) is 11.6 Å². The molecule has 132 valence electrons. The number of rotatable bonds is 3. The summed E-state index contributed by atoms with van der Waals surface area (Å²) in [4.78, 5) is 11.1. The van der Waals surface area contributed by atoms with E-state index in [4.69, 9.17) is 9.47 Å². The number of hydrogen-bond donors (Lipinski definition) is 1. The highest BCUT2D eigenvalue weighted by atomic mass is 16.7. The van der Waals surface area contributed by atoms with Crippen molar-refractivity contribution >= 4 is 5.82 Å². The quantitative estimate of drug-likeness (QED) is 0.925. The molecular formula is C19H23N3O3. The molecule has 6 heteroatoms. The third-order valence-electron chi connectivity index (χ3n) is 4.97. The maximum Gasteiger partial charge on any atom is 0.231 e. The summed E-state index contributed by atoms with van der Waals surface area (Å²) in [6, 6.07) is 7.98. The minimum Gasteiger partial charge on any atom is -0.454 e. The molecule has 0 amide bonds. The summed E-state index contributed by atoms with van der Waals surface area (Å²) in [5.41, 5.74) is 2.14. The lowest BCUT2D eigenvalue weighted by molar-refractivity contribution is 0.129. The number of aromatic nitrogens is 2. The Bertz CT molecular complexity index is 781. The molecule has 0 radical (unpaired) electrons. The fourth-order valence-electron chi connectivity index (χ4n) is 3.63. The molecule has 0 saturated carbocycles. The van der Waals surface area contributed by atoms with Gasteiger partial charge in [0.2, 0.25) is 6.79 Å². The van der Waals surface area contributed by atoms with Gasteiger partial charge in [-0.2, -0.15) is 0 Å². The van der Waals surface area contributed by atoms with E-state index in [1.165, 1.54) is 0 Å². The van der Waals surface area contributed by atoms with Gasteiger partial charge in [0.15, 0.2) is 11.5 Å². The van der Waals surface area contributed by atoms with E-state index in [1.54, 1.807) is 0 Å². The van der Waals surface area contributed by atoms with Crippen molar-refractivity contribution in [3.05, 3.63) is 41.3 Å². The van der Waals surface area contributed by atoms with Gasteiger partial charge in [0.05, 0.1) is 6.10 Å². The molecule has 25 heavy (non-hydrogen) atoms. The van der Waals surface area contributed by atoms with Crippen LogP contribution in [0.1, 0.15) is 36.3 Å². The Kier molecular flexibility index (Phi) is 4.21. The predicted octanol–water partition coefficient (Wildman–Crippen LogP) is 2.43. The molecule has 0 bridgehead atoms. The Morgan fingerprint density at radius 1 is 1.20 bits per heavy atom. The topological polar surface area (TPSA) is 67.7 Å². The Hall–Kier alpha value is -2.34. The fourth-order valence-corrected chi connectivity index (χ4v) is 3.63. The van der Waals surface area contributed by atoms with Crippen LogP contribution < -0.4 is 14.4 Å². The Labute approximate surface area is 147 Å². The average Bonchev–Trinajstić information content (AvgIpc) is 3.08. The number of benzene rings is 1. The van der Waals surface area contributed by atoms with Crippen molar-refractivity contribution in [2.45, 2.75) is 38.7 Å². The summed E-state index contributed by atoms with van der Waals surface area (Å²) < 4.78 is 10.8. The second kappa shape index (κ2) is 6.52. The first-order chi connectivity index (χ1) is 12.1. The molecule has 2 aliphatic rings. The minimum atomic E-state index is -0.450. The SMILES string of the molecule is CCc1cc(N2CC[C@@H](c3ccc4c(c3)OCO4)[C@H](O)C2)nc(C)n1. The van der Waals surface area contributed by atoms with Crippen LogP contribution >= 0.6 is 0 Å². The molecule has 0 unspecified atom stereocenters. The smallest absolute Gasteiger partial charge is 0.231 e. The van der Waals surface area contributed by atoms with Gasteiger partial charge in [-0.25, -0.2) is 9.97 Å². The van der Waals surface area contributed by atoms with Crippen LogP contribution in [0.5, 0.6) is 11.5 Å². The fraction of sp³-hybridized carbons (Fsp3) is 0.474. The van der Waals surface area contributed by atoms with Crippen molar-refractivity contribution in [3.8, 4) is 11.5 Å². The number of fused-ring (bicyclic) bond motifs is 1. The first-order valence-electron chi connectivity index (χ1n) is 8.81. The monoisotopic (exact) mass is 341 g/mol. The highest BCUT2D eigenvalue weighted by Crippen LogP contribution is 2.38. The van der Waals surface area contributed by atoms with Crippen molar-refractivity contribution in [2.75, 3.05) is 24.8 Å².